The van der Waals surface area contributed by atoms with Crippen molar-refractivity contribution >= 4 is 45.2 Å². The minimum atomic E-state index is -0.346. The molecule has 0 unspecified atom stereocenters. The standard InChI is InChI=1S/C18H17N5OS/c1-9(2)17-22-23-15(19)13(16(24)21-18(23)25-17)8-12-10(3)20-14-7-5-4-6-11(12)14/h4-9H,19H2,1-3H3. The summed E-state index contributed by atoms with van der Waals surface area (Å²) in [5.41, 5.74) is 9.89. The van der Waals surface area contributed by atoms with Crippen LogP contribution in [0.1, 0.15) is 42.8 Å². The molecule has 0 aliphatic carbocycles. The second kappa shape index (κ2) is 5.63. The Kier molecular flexibility index (Phi) is 3.54. The van der Waals surface area contributed by atoms with E-state index in [2.05, 4.69) is 15.1 Å². The lowest BCUT2D eigenvalue weighted by Crippen LogP contribution is -2.17. The highest BCUT2D eigenvalue weighted by molar-refractivity contribution is 7.16. The summed E-state index contributed by atoms with van der Waals surface area (Å²) in [6.45, 7) is 6.01. The quantitative estimate of drug-likeness (QED) is 0.765. The number of fused-ring (bicyclic) bond motifs is 2. The minimum absolute atomic E-state index is 0.249. The maximum absolute atomic E-state index is 12.5. The third kappa shape index (κ3) is 2.47. The van der Waals surface area contributed by atoms with Crippen LogP contribution in [0.15, 0.2) is 34.1 Å². The number of nitrogen functional groups attached to an aromatic ring is 1. The van der Waals surface area contributed by atoms with Crippen molar-refractivity contribution < 1.29 is 0 Å². The van der Waals surface area contributed by atoms with E-state index in [1.165, 1.54) is 11.3 Å². The summed E-state index contributed by atoms with van der Waals surface area (Å²) in [5, 5.41) is 5.40. The number of aliphatic imine (C=N–C) groups is 1. The van der Waals surface area contributed by atoms with Gasteiger partial charge in [0.2, 0.25) is 4.96 Å². The van der Waals surface area contributed by atoms with Crippen molar-refractivity contribution in [2.45, 2.75) is 26.7 Å². The summed E-state index contributed by atoms with van der Waals surface area (Å²) in [7, 11) is 0. The Bertz CT molecular complexity index is 1120. The molecule has 1 aromatic carbocycles. The molecule has 0 amide bonds. The summed E-state index contributed by atoms with van der Waals surface area (Å²) < 4.78 is 1.56. The molecule has 3 heterocycles. The van der Waals surface area contributed by atoms with E-state index < -0.39 is 0 Å². The molecule has 25 heavy (non-hydrogen) atoms. The number of nitrogens with two attached hydrogens (primary N) is 1. The van der Waals surface area contributed by atoms with Crippen LogP contribution in [0.25, 0.3) is 16.6 Å². The van der Waals surface area contributed by atoms with Crippen LogP contribution in [0.4, 0.5) is 11.5 Å². The van der Waals surface area contributed by atoms with Crippen molar-refractivity contribution in [1.29, 1.82) is 0 Å². The van der Waals surface area contributed by atoms with Crippen molar-refractivity contribution in [2.75, 3.05) is 5.73 Å². The van der Waals surface area contributed by atoms with Crippen LogP contribution in [0.2, 0.25) is 0 Å². The SMILES string of the molecule is CC1=Nc2ccccc2C1=Cc1c(N)n2nc(C(C)C)sc2nc1=O. The molecule has 0 saturated heterocycles. The summed E-state index contributed by atoms with van der Waals surface area (Å²) in [4.78, 5) is 21.8. The van der Waals surface area contributed by atoms with E-state index in [-0.39, 0.29) is 11.5 Å². The van der Waals surface area contributed by atoms with Gasteiger partial charge < -0.3 is 5.73 Å². The van der Waals surface area contributed by atoms with Crippen LogP contribution < -0.4 is 11.3 Å². The largest absolute Gasteiger partial charge is 0.383 e. The molecule has 0 saturated carbocycles. The average Bonchev–Trinajstić information content (AvgIpc) is 3.13. The normalized spacial score (nSPS) is 15.2. The van der Waals surface area contributed by atoms with E-state index in [1.807, 2.05) is 45.0 Å². The molecule has 2 N–H and O–H groups in total. The Morgan fingerprint density at radius 1 is 1.28 bits per heavy atom. The van der Waals surface area contributed by atoms with Gasteiger partial charge in [0.15, 0.2) is 0 Å². The molecule has 4 rings (SSSR count). The predicted molar refractivity (Wildman–Crippen MR) is 103 cm³/mol. The van der Waals surface area contributed by atoms with Crippen LogP contribution >= 0.6 is 11.3 Å². The minimum Gasteiger partial charge on any atom is -0.383 e. The Morgan fingerprint density at radius 3 is 2.80 bits per heavy atom. The van der Waals surface area contributed by atoms with E-state index in [0.717, 1.165) is 27.5 Å². The Morgan fingerprint density at radius 2 is 2.04 bits per heavy atom. The van der Waals surface area contributed by atoms with E-state index >= 15 is 0 Å². The molecule has 0 fully saturated rings. The number of benzene rings is 1. The summed E-state index contributed by atoms with van der Waals surface area (Å²) in [5.74, 6) is 0.557. The van der Waals surface area contributed by atoms with Gasteiger partial charge in [-0.15, -0.1) is 0 Å². The first kappa shape index (κ1) is 15.7. The number of hydrogen-bond acceptors (Lipinski definition) is 6. The topological polar surface area (TPSA) is 85.6 Å². The summed E-state index contributed by atoms with van der Waals surface area (Å²) >= 11 is 1.39. The highest BCUT2D eigenvalue weighted by atomic mass is 32.1. The summed E-state index contributed by atoms with van der Waals surface area (Å²) in [6, 6.07) is 7.83. The van der Waals surface area contributed by atoms with Crippen molar-refractivity contribution in [1.82, 2.24) is 14.6 Å². The first-order valence-electron chi connectivity index (χ1n) is 8.01. The van der Waals surface area contributed by atoms with Crippen molar-refractivity contribution in [3.05, 3.63) is 50.8 Å². The van der Waals surface area contributed by atoms with Crippen LogP contribution in [-0.4, -0.2) is 20.3 Å². The van der Waals surface area contributed by atoms with Gasteiger partial charge in [-0.2, -0.15) is 14.6 Å². The Balaban J connectivity index is 1.93. The zero-order valence-electron chi connectivity index (χ0n) is 14.1. The van der Waals surface area contributed by atoms with Gasteiger partial charge in [-0.05, 0) is 19.1 Å². The highest BCUT2D eigenvalue weighted by Crippen LogP contribution is 2.35. The first-order chi connectivity index (χ1) is 12.0. The smallest absolute Gasteiger partial charge is 0.283 e. The number of nitrogens with zero attached hydrogens (tertiary/aromatic N) is 4. The van der Waals surface area contributed by atoms with E-state index in [0.29, 0.717) is 16.3 Å². The number of hydrogen-bond donors (Lipinski definition) is 1. The second-order valence-electron chi connectivity index (χ2n) is 6.28. The van der Waals surface area contributed by atoms with Gasteiger partial charge in [0, 0.05) is 22.8 Å². The van der Waals surface area contributed by atoms with Crippen molar-refractivity contribution in [3.63, 3.8) is 0 Å². The van der Waals surface area contributed by atoms with Gasteiger partial charge in [0.05, 0.1) is 11.3 Å². The van der Waals surface area contributed by atoms with E-state index in [4.69, 9.17) is 5.73 Å². The molecule has 2 aromatic heterocycles. The first-order valence-corrected chi connectivity index (χ1v) is 8.83. The maximum Gasteiger partial charge on any atom is 0.283 e. The lowest BCUT2D eigenvalue weighted by Gasteiger charge is -2.05. The molecule has 0 radical (unpaired) electrons. The zero-order valence-corrected chi connectivity index (χ0v) is 15.0. The molecule has 3 aromatic rings. The second-order valence-corrected chi connectivity index (χ2v) is 7.27. The number of allylic oxidation sites excluding steroid dienone is 1. The Hall–Kier alpha value is -2.80. The van der Waals surface area contributed by atoms with Gasteiger partial charge in [0.1, 0.15) is 10.8 Å². The molecular formula is C18H17N5OS. The number of rotatable bonds is 2. The molecule has 0 bridgehead atoms. The molecule has 6 nitrogen and oxygen atoms in total. The van der Waals surface area contributed by atoms with Gasteiger partial charge in [-0.25, -0.2) is 0 Å². The van der Waals surface area contributed by atoms with Gasteiger partial charge >= 0.3 is 0 Å². The fourth-order valence-electron chi connectivity index (χ4n) is 2.83. The number of aromatic nitrogens is 3. The number of anilines is 1. The van der Waals surface area contributed by atoms with Crippen LogP contribution in [-0.2, 0) is 0 Å². The summed E-state index contributed by atoms with van der Waals surface area (Å²) in [6.07, 6.45) is 1.77. The lowest BCUT2D eigenvalue weighted by molar-refractivity contribution is 0.798. The number of para-hydroxylation sites is 1. The Labute approximate surface area is 148 Å². The van der Waals surface area contributed by atoms with Crippen molar-refractivity contribution in [3.8, 4) is 0 Å². The van der Waals surface area contributed by atoms with E-state index in [1.54, 1.807) is 10.6 Å². The predicted octanol–water partition coefficient (Wildman–Crippen LogP) is 3.50. The fourth-order valence-corrected chi connectivity index (χ4v) is 3.73. The molecule has 1 aliphatic rings. The van der Waals surface area contributed by atoms with Gasteiger partial charge in [-0.3, -0.25) is 9.79 Å². The molecular weight excluding hydrogens is 334 g/mol. The van der Waals surface area contributed by atoms with Gasteiger partial charge in [-0.1, -0.05) is 43.4 Å². The fraction of sp³-hybridized carbons (Fsp3) is 0.222. The van der Waals surface area contributed by atoms with Crippen LogP contribution in [0.5, 0.6) is 0 Å². The average molecular weight is 351 g/mol. The van der Waals surface area contributed by atoms with E-state index in [9.17, 15) is 4.79 Å². The molecule has 7 heteroatoms. The molecule has 126 valence electrons. The third-order valence-electron chi connectivity index (χ3n) is 4.16. The zero-order chi connectivity index (χ0) is 17.7. The van der Waals surface area contributed by atoms with Gasteiger partial charge in [0.25, 0.3) is 5.56 Å². The highest BCUT2D eigenvalue weighted by Gasteiger charge is 2.20. The monoisotopic (exact) mass is 351 g/mol. The lowest BCUT2D eigenvalue weighted by atomic mass is 10.0. The van der Waals surface area contributed by atoms with Crippen molar-refractivity contribution in [2.24, 2.45) is 4.99 Å². The molecule has 1 aliphatic heterocycles. The maximum atomic E-state index is 12.5. The van der Waals surface area contributed by atoms with Crippen LogP contribution in [0, 0.1) is 0 Å². The van der Waals surface area contributed by atoms with Crippen LogP contribution in [0.3, 0.4) is 0 Å². The molecule has 0 atom stereocenters. The third-order valence-corrected chi connectivity index (χ3v) is 5.37. The molecule has 0 spiro atoms.